The number of hydrogen-bond donors (Lipinski definition) is 2. The molecule has 134 valence electrons. The van der Waals surface area contributed by atoms with Crippen LogP contribution in [0, 0.1) is 11.7 Å². The van der Waals surface area contributed by atoms with Gasteiger partial charge in [-0.25, -0.2) is 17.5 Å². The molecule has 0 radical (unpaired) electrons. The molecule has 5 nitrogen and oxygen atoms in total. The summed E-state index contributed by atoms with van der Waals surface area (Å²) >= 11 is 0. The number of nitrogens with one attached hydrogen (secondary N) is 1. The number of sulfonamides is 1. The lowest BCUT2D eigenvalue weighted by Gasteiger charge is -2.36. The second-order valence-corrected chi connectivity index (χ2v) is 8.45. The zero-order chi connectivity index (χ0) is 18.1. The number of pyridine rings is 1. The maximum Gasteiger partial charge on any atom is 0.209 e. The largest absolute Gasteiger partial charge is 0.396 e. The van der Waals surface area contributed by atoms with Crippen molar-refractivity contribution in [2.45, 2.75) is 31.2 Å². The van der Waals surface area contributed by atoms with Crippen molar-refractivity contribution < 1.29 is 12.8 Å². The van der Waals surface area contributed by atoms with Crippen molar-refractivity contribution >= 4 is 15.7 Å². The van der Waals surface area contributed by atoms with Crippen LogP contribution in [0.25, 0.3) is 0 Å². The second kappa shape index (κ2) is 6.72. The predicted molar refractivity (Wildman–Crippen MR) is 95.8 cm³/mol. The van der Waals surface area contributed by atoms with Gasteiger partial charge in [-0.3, -0.25) is 4.98 Å². The molecule has 0 saturated heterocycles. The Morgan fingerprint density at radius 1 is 1.28 bits per heavy atom. The Balaban J connectivity index is 2.20. The van der Waals surface area contributed by atoms with E-state index < -0.39 is 21.4 Å². The van der Waals surface area contributed by atoms with E-state index in [0.717, 1.165) is 25.5 Å². The van der Waals surface area contributed by atoms with E-state index in [1.807, 2.05) is 0 Å². The number of hydrogen-bond acceptors (Lipinski definition) is 4. The number of benzene rings is 1. The summed E-state index contributed by atoms with van der Waals surface area (Å²) in [5.41, 5.74) is 5.44. The Kier molecular flexibility index (Phi) is 4.79. The number of nitrogen functional groups attached to an aromatic ring is 1. The molecular formula is C18H22FN3O2S. The molecule has 1 unspecified atom stereocenters. The fourth-order valence-electron chi connectivity index (χ4n) is 3.26. The van der Waals surface area contributed by atoms with Crippen LogP contribution in [0.2, 0.25) is 0 Å². The first kappa shape index (κ1) is 17.8. The summed E-state index contributed by atoms with van der Waals surface area (Å²) in [6.45, 7) is 0. The van der Waals surface area contributed by atoms with Crippen molar-refractivity contribution in [3.63, 3.8) is 0 Å². The zero-order valence-corrected chi connectivity index (χ0v) is 14.9. The molecule has 3 N–H and O–H groups in total. The van der Waals surface area contributed by atoms with Gasteiger partial charge in [-0.15, -0.1) is 0 Å². The monoisotopic (exact) mass is 363 g/mol. The van der Waals surface area contributed by atoms with Gasteiger partial charge in [0.25, 0.3) is 0 Å². The molecule has 1 aliphatic rings. The van der Waals surface area contributed by atoms with Gasteiger partial charge in [-0.05, 0) is 42.5 Å². The molecule has 3 rings (SSSR count). The highest BCUT2D eigenvalue weighted by Crippen LogP contribution is 2.42. The first-order valence-electron chi connectivity index (χ1n) is 8.26. The number of nitrogens with two attached hydrogens (primary N) is 1. The molecule has 7 heteroatoms. The highest BCUT2D eigenvalue weighted by molar-refractivity contribution is 7.88. The standard InChI is InChI=1S/C18H22FN3O2S/c1-25(23,24)22-18(10-7-13-5-6-13,14-8-11-21-12-9-14)15-3-2-4-16(20)17(15)19/h2-4,8-9,11-13,22H,5-7,10,20H2,1H3. The van der Waals surface area contributed by atoms with E-state index in [1.165, 1.54) is 6.07 Å². The van der Waals surface area contributed by atoms with Crippen molar-refractivity contribution in [2.75, 3.05) is 12.0 Å². The number of rotatable bonds is 7. The van der Waals surface area contributed by atoms with Gasteiger partial charge in [-0.1, -0.05) is 25.0 Å². The lowest BCUT2D eigenvalue weighted by atomic mass is 9.79. The quantitative estimate of drug-likeness (QED) is 0.741. The fraction of sp³-hybridized carbons (Fsp3) is 0.389. The van der Waals surface area contributed by atoms with Crippen LogP contribution in [-0.4, -0.2) is 19.7 Å². The Labute approximate surface area is 147 Å². The first-order valence-corrected chi connectivity index (χ1v) is 10.1. The minimum Gasteiger partial charge on any atom is -0.396 e. The maximum absolute atomic E-state index is 14.9. The molecule has 2 aromatic rings. The van der Waals surface area contributed by atoms with Crippen molar-refractivity contribution in [1.82, 2.24) is 9.71 Å². The van der Waals surface area contributed by atoms with Gasteiger partial charge in [0.15, 0.2) is 5.82 Å². The van der Waals surface area contributed by atoms with Crippen molar-refractivity contribution in [3.8, 4) is 0 Å². The van der Waals surface area contributed by atoms with Crippen LogP contribution < -0.4 is 10.5 Å². The Hall–Kier alpha value is -1.99. The highest BCUT2D eigenvalue weighted by Gasteiger charge is 2.40. The van der Waals surface area contributed by atoms with Gasteiger partial charge in [0.2, 0.25) is 10.0 Å². The van der Waals surface area contributed by atoms with Crippen molar-refractivity contribution in [1.29, 1.82) is 0 Å². The molecule has 1 saturated carbocycles. The van der Waals surface area contributed by atoms with Gasteiger partial charge in [-0.2, -0.15) is 0 Å². The van der Waals surface area contributed by atoms with E-state index in [1.54, 1.807) is 36.7 Å². The van der Waals surface area contributed by atoms with Gasteiger partial charge in [0.05, 0.1) is 17.5 Å². The summed E-state index contributed by atoms with van der Waals surface area (Å²) in [6.07, 6.45) is 7.76. The number of halogens is 1. The third-order valence-corrected chi connectivity index (χ3v) is 5.36. The van der Waals surface area contributed by atoms with E-state index in [-0.39, 0.29) is 11.3 Å². The van der Waals surface area contributed by atoms with E-state index >= 15 is 0 Å². The summed E-state index contributed by atoms with van der Waals surface area (Å²) < 4.78 is 42.0. The minimum absolute atomic E-state index is 0.00217. The molecule has 25 heavy (non-hydrogen) atoms. The minimum atomic E-state index is -3.61. The summed E-state index contributed by atoms with van der Waals surface area (Å²) in [5, 5.41) is 0. The van der Waals surface area contributed by atoms with Crippen LogP contribution in [0.3, 0.4) is 0 Å². The van der Waals surface area contributed by atoms with Gasteiger partial charge >= 0.3 is 0 Å². The smallest absolute Gasteiger partial charge is 0.209 e. The number of nitrogens with zero attached hydrogens (tertiary/aromatic N) is 1. The van der Waals surface area contributed by atoms with E-state index in [9.17, 15) is 12.8 Å². The van der Waals surface area contributed by atoms with Gasteiger partial charge < -0.3 is 5.73 Å². The van der Waals surface area contributed by atoms with Crippen molar-refractivity contribution in [3.05, 3.63) is 59.7 Å². The highest BCUT2D eigenvalue weighted by atomic mass is 32.2. The van der Waals surface area contributed by atoms with Crippen molar-refractivity contribution in [2.24, 2.45) is 5.92 Å². The van der Waals surface area contributed by atoms with Crippen LogP contribution in [-0.2, 0) is 15.6 Å². The Morgan fingerprint density at radius 2 is 1.96 bits per heavy atom. The molecule has 1 atom stereocenters. The summed E-state index contributed by atoms with van der Waals surface area (Å²) in [4.78, 5) is 4.00. The zero-order valence-electron chi connectivity index (χ0n) is 14.1. The second-order valence-electron chi connectivity index (χ2n) is 6.71. The predicted octanol–water partition coefficient (Wildman–Crippen LogP) is 2.79. The topological polar surface area (TPSA) is 85.1 Å². The van der Waals surface area contributed by atoms with Crippen LogP contribution in [0.1, 0.15) is 36.8 Å². The Bertz CT molecular complexity index is 854. The molecule has 0 spiro atoms. The molecule has 1 fully saturated rings. The molecular weight excluding hydrogens is 341 g/mol. The molecule has 1 aliphatic carbocycles. The molecule has 0 aliphatic heterocycles. The summed E-state index contributed by atoms with van der Waals surface area (Å²) in [6, 6.07) is 8.14. The molecule has 1 aromatic heterocycles. The first-order chi connectivity index (χ1) is 11.8. The Morgan fingerprint density at radius 3 is 2.56 bits per heavy atom. The third-order valence-electron chi connectivity index (χ3n) is 4.65. The van der Waals surface area contributed by atoms with Crippen LogP contribution in [0.5, 0.6) is 0 Å². The number of aromatic nitrogens is 1. The molecule has 1 aromatic carbocycles. The summed E-state index contributed by atoms with van der Waals surface area (Å²) in [5.74, 6) is -0.0297. The van der Waals surface area contributed by atoms with E-state index in [4.69, 9.17) is 5.73 Å². The van der Waals surface area contributed by atoms with Crippen LogP contribution in [0.4, 0.5) is 10.1 Å². The molecule has 0 amide bonds. The van der Waals surface area contributed by atoms with E-state index in [0.29, 0.717) is 17.9 Å². The number of anilines is 1. The average molecular weight is 363 g/mol. The van der Waals surface area contributed by atoms with E-state index in [2.05, 4.69) is 9.71 Å². The SMILES string of the molecule is CS(=O)(=O)NC(CCC1CC1)(c1ccncc1)c1cccc(N)c1F. The summed E-state index contributed by atoms with van der Waals surface area (Å²) in [7, 11) is -3.61. The molecule has 1 heterocycles. The van der Waals surface area contributed by atoms with Gasteiger partial charge in [0, 0.05) is 18.0 Å². The van der Waals surface area contributed by atoms with Crippen LogP contribution in [0.15, 0.2) is 42.7 Å². The lowest BCUT2D eigenvalue weighted by molar-refractivity contribution is 0.394. The average Bonchev–Trinajstić information content (AvgIpc) is 3.38. The molecule has 0 bridgehead atoms. The maximum atomic E-state index is 14.9. The van der Waals surface area contributed by atoms with Crippen LogP contribution >= 0.6 is 0 Å². The van der Waals surface area contributed by atoms with Gasteiger partial charge in [0.1, 0.15) is 0 Å². The third kappa shape index (κ3) is 3.99. The normalized spacial score (nSPS) is 17.2. The fourth-order valence-corrected chi connectivity index (χ4v) is 4.22. The lowest BCUT2D eigenvalue weighted by Crippen LogP contribution is -2.47.